The van der Waals surface area contributed by atoms with Crippen molar-refractivity contribution in [3.05, 3.63) is 76.6 Å². The van der Waals surface area contributed by atoms with E-state index in [-0.39, 0.29) is 11.5 Å². The Bertz CT molecular complexity index is 1260. The lowest BCUT2D eigenvalue weighted by molar-refractivity contribution is -0.128. The van der Waals surface area contributed by atoms with Gasteiger partial charge in [-0.25, -0.2) is 4.98 Å². The SMILES string of the molecule is O=C(CSc1nc2ccccc2c(=O)n1CCC1=CCCCC1)N1CCN(c2ccccc2)CC1. The van der Waals surface area contributed by atoms with Crippen LogP contribution in [0.25, 0.3) is 10.9 Å². The lowest BCUT2D eigenvalue weighted by Crippen LogP contribution is -2.49. The highest BCUT2D eigenvalue weighted by atomic mass is 32.2. The Morgan fingerprint density at radius 1 is 0.943 bits per heavy atom. The van der Waals surface area contributed by atoms with E-state index in [1.165, 1.54) is 35.9 Å². The molecule has 0 N–H and O–H groups in total. The summed E-state index contributed by atoms with van der Waals surface area (Å²) < 4.78 is 1.78. The Morgan fingerprint density at radius 3 is 2.49 bits per heavy atom. The minimum absolute atomic E-state index is 0.0153. The van der Waals surface area contributed by atoms with E-state index in [9.17, 15) is 9.59 Å². The molecule has 2 aliphatic rings. The molecule has 5 rings (SSSR count). The number of carbonyl (C=O) groups is 1. The number of thioether (sulfide) groups is 1. The van der Waals surface area contributed by atoms with Gasteiger partial charge in [-0.15, -0.1) is 0 Å². The standard InChI is InChI=1S/C28H32N4O2S/c33-26(31-19-17-30(18-20-31)23-11-5-2-6-12-23)21-35-28-29-25-14-8-7-13-24(25)27(34)32(28)16-15-22-9-3-1-4-10-22/h2,5-9,11-14H,1,3-4,10,15-21H2. The van der Waals surface area contributed by atoms with Crippen molar-refractivity contribution in [2.75, 3.05) is 36.8 Å². The molecule has 1 aromatic heterocycles. The van der Waals surface area contributed by atoms with Gasteiger partial charge < -0.3 is 9.80 Å². The Hall–Kier alpha value is -3.06. The van der Waals surface area contributed by atoms with Gasteiger partial charge in [0.1, 0.15) is 0 Å². The fraction of sp³-hybridized carbons (Fsp3) is 0.393. The average Bonchev–Trinajstić information content (AvgIpc) is 2.92. The van der Waals surface area contributed by atoms with E-state index >= 15 is 0 Å². The van der Waals surface area contributed by atoms with Gasteiger partial charge in [-0.3, -0.25) is 14.2 Å². The van der Waals surface area contributed by atoms with E-state index in [0.717, 1.165) is 32.4 Å². The van der Waals surface area contributed by atoms with Crippen molar-refractivity contribution >= 4 is 34.3 Å². The van der Waals surface area contributed by atoms with Crippen LogP contribution in [-0.4, -0.2) is 52.3 Å². The fourth-order valence-corrected chi connectivity index (χ4v) is 5.84. The molecule has 35 heavy (non-hydrogen) atoms. The van der Waals surface area contributed by atoms with Crippen LogP contribution in [0.1, 0.15) is 32.1 Å². The van der Waals surface area contributed by atoms with Gasteiger partial charge in [-0.1, -0.05) is 53.7 Å². The number of anilines is 1. The summed E-state index contributed by atoms with van der Waals surface area (Å²) in [5, 5.41) is 1.28. The molecule has 0 radical (unpaired) electrons. The number of hydrogen-bond donors (Lipinski definition) is 0. The van der Waals surface area contributed by atoms with Crippen LogP contribution >= 0.6 is 11.8 Å². The molecule has 0 atom stereocenters. The third-order valence-corrected chi connectivity index (χ3v) is 7.91. The number of carbonyl (C=O) groups excluding carboxylic acids is 1. The first-order valence-electron chi connectivity index (χ1n) is 12.6. The maximum absolute atomic E-state index is 13.3. The molecule has 1 aliphatic heterocycles. The minimum Gasteiger partial charge on any atom is -0.368 e. The number of allylic oxidation sites excluding steroid dienone is 2. The third-order valence-electron chi connectivity index (χ3n) is 6.95. The van der Waals surface area contributed by atoms with Gasteiger partial charge in [0.05, 0.1) is 16.7 Å². The van der Waals surface area contributed by atoms with Crippen molar-refractivity contribution in [3.63, 3.8) is 0 Å². The Morgan fingerprint density at radius 2 is 1.71 bits per heavy atom. The molecule has 1 fully saturated rings. The maximum Gasteiger partial charge on any atom is 0.262 e. The molecule has 2 heterocycles. The molecule has 1 amide bonds. The van der Waals surface area contributed by atoms with E-state index in [4.69, 9.17) is 4.98 Å². The Labute approximate surface area is 210 Å². The maximum atomic E-state index is 13.3. The number of benzene rings is 2. The van der Waals surface area contributed by atoms with Crippen LogP contribution in [0.2, 0.25) is 0 Å². The number of hydrogen-bond acceptors (Lipinski definition) is 5. The first kappa shape index (κ1) is 23.7. The van der Waals surface area contributed by atoms with Gasteiger partial charge in [0, 0.05) is 38.4 Å². The summed E-state index contributed by atoms with van der Waals surface area (Å²) in [5.41, 5.74) is 3.31. The lowest BCUT2D eigenvalue weighted by atomic mass is 9.97. The zero-order valence-electron chi connectivity index (χ0n) is 20.1. The summed E-state index contributed by atoms with van der Waals surface area (Å²) >= 11 is 1.39. The van der Waals surface area contributed by atoms with Crippen LogP contribution in [0.15, 0.2) is 76.2 Å². The van der Waals surface area contributed by atoms with Gasteiger partial charge in [0.15, 0.2) is 5.16 Å². The van der Waals surface area contributed by atoms with E-state index in [1.807, 2.05) is 47.4 Å². The summed E-state index contributed by atoms with van der Waals surface area (Å²) in [5.74, 6) is 0.394. The quantitative estimate of drug-likeness (QED) is 0.273. The van der Waals surface area contributed by atoms with Crippen molar-refractivity contribution in [2.45, 2.75) is 43.8 Å². The molecule has 1 saturated heterocycles. The van der Waals surface area contributed by atoms with E-state index in [2.05, 4.69) is 23.1 Å². The molecule has 7 heteroatoms. The highest BCUT2D eigenvalue weighted by molar-refractivity contribution is 7.99. The zero-order chi connectivity index (χ0) is 24.0. The Balaban J connectivity index is 1.27. The highest BCUT2D eigenvalue weighted by Crippen LogP contribution is 2.23. The first-order valence-corrected chi connectivity index (χ1v) is 13.6. The van der Waals surface area contributed by atoms with Crippen molar-refractivity contribution in [3.8, 4) is 0 Å². The first-order chi connectivity index (χ1) is 17.2. The summed E-state index contributed by atoms with van der Waals surface area (Å²) in [6.07, 6.45) is 7.92. The third kappa shape index (κ3) is 5.61. The van der Waals surface area contributed by atoms with Crippen molar-refractivity contribution in [1.29, 1.82) is 0 Å². The second kappa shape index (κ2) is 11.1. The van der Waals surface area contributed by atoms with E-state index in [0.29, 0.717) is 41.4 Å². The van der Waals surface area contributed by atoms with Gasteiger partial charge >= 0.3 is 0 Å². The molecule has 6 nitrogen and oxygen atoms in total. The molecule has 182 valence electrons. The van der Waals surface area contributed by atoms with E-state index < -0.39 is 0 Å². The number of aromatic nitrogens is 2. The number of rotatable bonds is 7. The lowest BCUT2D eigenvalue weighted by Gasteiger charge is -2.36. The molecule has 0 bridgehead atoms. The number of piperazine rings is 1. The molecule has 0 saturated carbocycles. The van der Waals surface area contributed by atoms with Gasteiger partial charge in [-0.2, -0.15) is 0 Å². The van der Waals surface area contributed by atoms with Crippen molar-refractivity contribution in [1.82, 2.24) is 14.5 Å². The normalized spacial score (nSPS) is 16.4. The topological polar surface area (TPSA) is 58.4 Å². The molecular formula is C28H32N4O2S. The molecule has 2 aromatic carbocycles. The Kier molecular flexibility index (Phi) is 7.52. The van der Waals surface area contributed by atoms with Crippen LogP contribution in [-0.2, 0) is 11.3 Å². The highest BCUT2D eigenvalue weighted by Gasteiger charge is 2.22. The number of amides is 1. The average molecular weight is 489 g/mol. The van der Waals surface area contributed by atoms with E-state index in [1.54, 1.807) is 4.57 Å². The van der Waals surface area contributed by atoms with Crippen LogP contribution in [0.4, 0.5) is 5.69 Å². The van der Waals surface area contributed by atoms with Crippen LogP contribution in [0.3, 0.4) is 0 Å². The number of fused-ring (bicyclic) bond motifs is 1. The van der Waals surface area contributed by atoms with Crippen LogP contribution in [0, 0.1) is 0 Å². The monoisotopic (exact) mass is 488 g/mol. The summed E-state index contributed by atoms with van der Waals surface area (Å²) in [4.78, 5) is 35.4. The number of para-hydroxylation sites is 2. The predicted molar refractivity (Wildman–Crippen MR) is 143 cm³/mol. The smallest absolute Gasteiger partial charge is 0.262 e. The van der Waals surface area contributed by atoms with Crippen LogP contribution in [0.5, 0.6) is 0 Å². The van der Waals surface area contributed by atoms with Crippen molar-refractivity contribution in [2.24, 2.45) is 0 Å². The molecule has 3 aromatic rings. The second-order valence-electron chi connectivity index (χ2n) is 9.22. The zero-order valence-corrected chi connectivity index (χ0v) is 20.9. The van der Waals surface area contributed by atoms with Crippen molar-refractivity contribution < 1.29 is 4.79 Å². The fourth-order valence-electron chi connectivity index (χ4n) is 4.91. The van der Waals surface area contributed by atoms with Gasteiger partial charge in [0.25, 0.3) is 5.56 Å². The molecule has 1 aliphatic carbocycles. The molecule has 0 spiro atoms. The summed E-state index contributed by atoms with van der Waals surface area (Å²) in [6.45, 7) is 3.68. The predicted octanol–water partition coefficient (Wildman–Crippen LogP) is 4.73. The second-order valence-corrected chi connectivity index (χ2v) is 10.2. The molecule has 0 unspecified atom stereocenters. The summed E-state index contributed by atoms with van der Waals surface area (Å²) in [6, 6.07) is 17.8. The van der Waals surface area contributed by atoms with Crippen LogP contribution < -0.4 is 10.5 Å². The molecular weight excluding hydrogens is 456 g/mol. The largest absolute Gasteiger partial charge is 0.368 e. The summed E-state index contributed by atoms with van der Waals surface area (Å²) in [7, 11) is 0. The van der Waals surface area contributed by atoms with Gasteiger partial charge in [-0.05, 0) is 56.4 Å². The number of nitrogens with zero attached hydrogens (tertiary/aromatic N) is 4. The van der Waals surface area contributed by atoms with Gasteiger partial charge in [0.2, 0.25) is 5.91 Å². The minimum atomic E-state index is -0.0153.